The Morgan fingerprint density at radius 1 is 0.734 bits per heavy atom. The van der Waals surface area contributed by atoms with Gasteiger partial charge >= 0.3 is 12.0 Å². The minimum atomic E-state index is -1.65. The molecule has 8 atom stereocenters. The topological polar surface area (TPSA) is 436 Å². The van der Waals surface area contributed by atoms with E-state index in [0.29, 0.717) is 16.0 Å². The smallest absolute Gasteiger partial charge is 0.325 e. The van der Waals surface area contributed by atoms with Gasteiger partial charge in [-0.25, -0.2) is 4.79 Å². The Bertz CT molecular complexity index is 2700. The Hall–Kier alpha value is -8.41. The molecule has 0 aliphatic carbocycles. The third-order valence-corrected chi connectivity index (χ3v) is 12.9. The number of imide groups is 1. The molecule has 0 radical (unpaired) electrons. The number of carboxylic acids is 1. The number of amides is 11. The first-order chi connectivity index (χ1) is 37.6. The molecule has 2 heterocycles. The quantitative estimate of drug-likeness (QED) is 0.00921. The second-order valence-corrected chi connectivity index (χ2v) is 19.0. The van der Waals surface area contributed by atoms with Crippen molar-refractivity contribution in [2.45, 2.75) is 100 Å². The number of hydrogen-bond acceptors (Lipinski definition) is 15. The van der Waals surface area contributed by atoms with Crippen molar-refractivity contribution >= 4 is 114 Å². The van der Waals surface area contributed by atoms with Gasteiger partial charge in [-0.2, -0.15) is 25.3 Å². The van der Waals surface area contributed by atoms with E-state index in [1.165, 1.54) is 13.4 Å². The van der Waals surface area contributed by atoms with Crippen LogP contribution < -0.4 is 64.6 Å². The number of nitrogens with two attached hydrogens (primary N) is 2. The molecule has 17 N–H and O–H groups in total. The number of nitrogens with one attached hydrogen (secondary N) is 12. The lowest BCUT2D eigenvalue weighted by molar-refractivity contribution is -0.138. The van der Waals surface area contributed by atoms with E-state index in [1.54, 1.807) is 55.6 Å². The lowest BCUT2D eigenvalue weighted by Crippen LogP contribution is -2.61. The maximum atomic E-state index is 14.7. The number of thiol groups is 2. The zero-order valence-electron chi connectivity index (χ0n) is 43.3. The number of benzene rings is 2. The number of para-hydroxylation sites is 1. The van der Waals surface area contributed by atoms with Crippen molar-refractivity contribution in [2.24, 2.45) is 16.5 Å². The molecule has 3 aromatic rings. The van der Waals surface area contributed by atoms with Crippen LogP contribution in [0.5, 0.6) is 0 Å². The van der Waals surface area contributed by atoms with Crippen molar-refractivity contribution in [3.05, 3.63) is 71.9 Å². The molecule has 1 aliphatic heterocycles. The summed E-state index contributed by atoms with van der Waals surface area (Å²) >= 11 is 8.27. The number of urea groups is 1. The van der Waals surface area contributed by atoms with E-state index in [0.717, 1.165) is 10.9 Å². The number of aromatic amines is 1. The summed E-state index contributed by atoms with van der Waals surface area (Å²) in [4.78, 5) is 154. The van der Waals surface area contributed by atoms with Crippen LogP contribution in [0, 0.1) is 5.41 Å². The Labute approximate surface area is 465 Å². The Morgan fingerprint density at radius 2 is 1.28 bits per heavy atom. The molecular weight excluding hydrogens is 1070 g/mol. The summed E-state index contributed by atoms with van der Waals surface area (Å²) in [6.45, 7) is 0.654. The molecule has 1 unspecified atom stereocenters. The standard InChI is InChI=1S/C49H68N16O12S2/c1-26(57-25-53-2)17-33(61-43(72)32(14-15-40(68)69)60-47(76)37(24-79)58-38(66)22-65-39(67)21-56-49(65)77)44(73)62-34(18-27-9-4-3-5-10-27)45(74)59-31(13-8-16-54-48(51)52)42(71)63-35(46(75)64-36(23-78)41(50)70)19-28-20-55-30-12-7-6-11-29(28)30/h3-7,9-12,20,25-26,31-37,55,78-79H,8,13-19,21-24H2,1-2H3,(H2,50,70)(H,53,57)(H,56,77)(H,58,66)(H,59,74)(H,60,76)(H,61,72)(H,62,73)(H,63,71)(H,64,75)(H,68,69)(H4,51,52,54)/t26?,31-,32-,33-,34+,35-,36-,37-/m0/s1. The molecule has 0 saturated carbocycles. The maximum absolute atomic E-state index is 14.7. The van der Waals surface area contributed by atoms with Crippen molar-refractivity contribution in [1.82, 2.24) is 63.1 Å². The number of carbonyl (C=O) groups is 11. The summed E-state index contributed by atoms with van der Waals surface area (Å²) in [5.41, 5.74) is 12.9. The van der Waals surface area contributed by atoms with Crippen LogP contribution in [0.3, 0.4) is 0 Å². The first-order valence-corrected chi connectivity index (χ1v) is 26.2. The van der Waals surface area contributed by atoms with Gasteiger partial charge in [-0.05, 0) is 49.8 Å². The van der Waals surface area contributed by atoms with Crippen LogP contribution >= 0.6 is 25.3 Å². The SMILES string of the molecule is C/N=C\NC(C)C[C@H](NC(=O)[C@H](CCC(=O)O)NC(=O)[C@H](CS)NC(=O)CN1C(=O)CNC1=O)C(=O)N[C@H](Cc1ccccc1)C(=O)N[C@@H](CCCNC(=N)N)C(=O)N[C@@H](Cc1c[nH]c2ccccc12)C(=O)N[C@@H](CS)C(N)=O. The predicted molar refractivity (Wildman–Crippen MR) is 295 cm³/mol. The Morgan fingerprint density at radius 3 is 1.86 bits per heavy atom. The fourth-order valence-corrected chi connectivity index (χ4v) is 8.54. The number of H-pyrrole nitrogens is 1. The zero-order valence-corrected chi connectivity index (χ0v) is 45.1. The van der Waals surface area contributed by atoms with Crippen LogP contribution in [0.4, 0.5) is 4.79 Å². The van der Waals surface area contributed by atoms with Crippen LogP contribution in [0.1, 0.15) is 50.2 Å². The average molecular weight is 1140 g/mol. The number of aliphatic imine (C=N–C) groups is 1. The molecule has 28 nitrogen and oxygen atoms in total. The third kappa shape index (κ3) is 20.5. The van der Waals surface area contributed by atoms with E-state index in [4.69, 9.17) is 16.9 Å². The number of rotatable bonds is 33. The summed E-state index contributed by atoms with van der Waals surface area (Å²) in [6, 6.07) is 4.11. The highest BCUT2D eigenvalue weighted by Gasteiger charge is 2.36. The van der Waals surface area contributed by atoms with Gasteiger partial charge < -0.3 is 74.7 Å². The monoisotopic (exact) mass is 1140 g/mol. The third-order valence-electron chi connectivity index (χ3n) is 12.2. The first-order valence-electron chi connectivity index (χ1n) is 24.9. The largest absolute Gasteiger partial charge is 0.481 e. The number of fused-ring (bicyclic) bond motifs is 1. The van der Waals surface area contributed by atoms with E-state index in [-0.39, 0.29) is 62.7 Å². The van der Waals surface area contributed by atoms with Crippen LogP contribution in [0.25, 0.3) is 10.9 Å². The van der Waals surface area contributed by atoms with Crippen molar-refractivity contribution < 1.29 is 57.8 Å². The van der Waals surface area contributed by atoms with E-state index in [1.807, 2.05) is 12.1 Å². The van der Waals surface area contributed by atoms with Gasteiger partial charge in [0.05, 0.1) is 12.9 Å². The molecule has 1 fully saturated rings. The van der Waals surface area contributed by atoms with Gasteiger partial charge in [-0.1, -0.05) is 48.5 Å². The molecule has 1 aromatic heterocycles. The number of carbonyl (C=O) groups excluding carboxylic acids is 10. The first kappa shape index (κ1) is 63.1. The summed E-state index contributed by atoms with van der Waals surface area (Å²) in [7, 11) is 1.48. The van der Waals surface area contributed by atoms with Crippen LogP contribution in [0.15, 0.2) is 65.8 Å². The molecule has 1 saturated heterocycles. The number of nitrogens with zero attached hydrogens (tertiary/aromatic N) is 2. The minimum absolute atomic E-state index is 0.0792. The van der Waals surface area contributed by atoms with Crippen LogP contribution in [-0.4, -0.2) is 179 Å². The van der Waals surface area contributed by atoms with E-state index in [9.17, 15) is 57.8 Å². The Balaban J connectivity index is 1.65. The van der Waals surface area contributed by atoms with Gasteiger partial charge in [0, 0.05) is 67.5 Å². The molecular formula is C49H68N16O12S2. The maximum Gasteiger partial charge on any atom is 0.325 e. The highest BCUT2D eigenvalue weighted by molar-refractivity contribution is 7.80. The summed E-state index contributed by atoms with van der Waals surface area (Å²) < 4.78 is 0. The average Bonchev–Trinajstić information content (AvgIpc) is 3.99. The molecule has 428 valence electrons. The number of hydrogen-bond donors (Lipinski definition) is 17. The van der Waals surface area contributed by atoms with Crippen molar-refractivity contribution in [2.75, 3.05) is 38.2 Å². The fourth-order valence-electron chi connectivity index (χ4n) is 8.01. The molecule has 11 amide bonds. The fraction of sp³-hybridized carbons (Fsp3) is 0.449. The van der Waals surface area contributed by atoms with E-state index < -0.39 is 133 Å². The van der Waals surface area contributed by atoms with Crippen LogP contribution in [-0.2, 0) is 60.8 Å². The van der Waals surface area contributed by atoms with Crippen molar-refractivity contribution in [1.29, 1.82) is 5.41 Å². The van der Waals surface area contributed by atoms with Crippen molar-refractivity contribution in [3.63, 3.8) is 0 Å². The van der Waals surface area contributed by atoms with Gasteiger partial charge in [0.2, 0.25) is 47.3 Å². The highest BCUT2D eigenvalue weighted by Crippen LogP contribution is 2.20. The Kier molecular flexibility index (Phi) is 25.3. The molecule has 30 heteroatoms. The molecule has 1 aliphatic rings. The zero-order chi connectivity index (χ0) is 58.2. The predicted octanol–water partition coefficient (Wildman–Crippen LogP) is -3.60. The van der Waals surface area contributed by atoms with Gasteiger partial charge in [-0.15, -0.1) is 0 Å². The summed E-state index contributed by atoms with van der Waals surface area (Å²) in [6.07, 6.45) is 1.39. The van der Waals surface area contributed by atoms with Crippen LogP contribution in [0.2, 0.25) is 0 Å². The normalized spacial score (nSPS) is 15.2. The van der Waals surface area contributed by atoms with E-state index in [2.05, 4.69) is 88.4 Å². The number of guanidine groups is 1. The molecule has 0 spiro atoms. The lowest BCUT2D eigenvalue weighted by atomic mass is 10.0. The number of aliphatic carboxylic acids is 1. The van der Waals surface area contributed by atoms with Gasteiger partial charge in [-0.3, -0.25) is 63.2 Å². The molecule has 0 bridgehead atoms. The summed E-state index contributed by atoms with van der Waals surface area (Å²) in [5.74, 6) is -10.2. The highest BCUT2D eigenvalue weighted by atomic mass is 32.1. The lowest BCUT2D eigenvalue weighted by Gasteiger charge is -2.29. The number of primary amides is 1. The summed E-state index contributed by atoms with van der Waals surface area (Å²) in [5, 5.41) is 43.7. The van der Waals surface area contributed by atoms with Gasteiger partial charge in [0.1, 0.15) is 48.8 Å². The number of carboxylic acid groups (broad SMARTS) is 1. The molecule has 79 heavy (non-hydrogen) atoms. The van der Waals surface area contributed by atoms with Crippen molar-refractivity contribution in [3.8, 4) is 0 Å². The minimum Gasteiger partial charge on any atom is -0.481 e. The number of aromatic nitrogens is 1. The second kappa shape index (κ2) is 31.7. The molecule has 2 aromatic carbocycles. The molecule has 4 rings (SSSR count). The van der Waals surface area contributed by atoms with Gasteiger partial charge in [0.25, 0.3) is 5.91 Å². The second-order valence-electron chi connectivity index (χ2n) is 18.3. The van der Waals surface area contributed by atoms with E-state index >= 15 is 0 Å². The van der Waals surface area contributed by atoms with Gasteiger partial charge in [0.15, 0.2) is 5.96 Å².